The molecule has 7 nitrogen and oxygen atoms in total. The zero-order valence-corrected chi connectivity index (χ0v) is 23.5. The lowest BCUT2D eigenvalue weighted by molar-refractivity contribution is -0.140. The van der Waals surface area contributed by atoms with E-state index in [-0.39, 0.29) is 23.4 Å². The topological polar surface area (TPSA) is 86.8 Å². The molecule has 0 radical (unpaired) electrons. The molecule has 1 N–H and O–H groups in total. The summed E-state index contributed by atoms with van der Waals surface area (Å²) in [5, 5.41) is 2.91. The molecule has 38 heavy (non-hydrogen) atoms. The SMILES string of the molecule is CC[C@@H](C(=O)NC(C)C)N(Cc1cccc(C)c1)C(=O)CN(c1cccc(C)c1)S(=O)(=O)c1ccccc1. The standard InChI is InChI=1S/C30H37N3O4S/c1-6-28(30(35)31-22(2)3)32(20-25-14-10-12-23(4)18-25)29(34)21-33(26-15-11-13-24(5)19-26)38(36,37)27-16-8-7-9-17-27/h7-19,22,28H,6,20-21H2,1-5H3,(H,31,35)/t28-/m0/s1. The van der Waals surface area contributed by atoms with Crippen LogP contribution in [-0.4, -0.2) is 43.8 Å². The number of hydrogen-bond acceptors (Lipinski definition) is 4. The van der Waals surface area contributed by atoms with Crippen molar-refractivity contribution in [3.8, 4) is 0 Å². The molecule has 0 spiro atoms. The minimum atomic E-state index is -4.07. The Kier molecular flexibility index (Phi) is 9.69. The van der Waals surface area contributed by atoms with Gasteiger partial charge in [0.1, 0.15) is 12.6 Å². The van der Waals surface area contributed by atoms with Gasteiger partial charge in [-0.1, -0.05) is 67.1 Å². The van der Waals surface area contributed by atoms with Crippen LogP contribution in [0.1, 0.15) is 43.9 Å². The number of nitrogens with one attached hydrogen (secondary N) is 1. The maximum Gasteiger partial charge on any atom is 0.264 e. The van der Waals surface area contributed by atoms with Gasteiger partial charge in [-0.2, -0.15) is 0 Å². The van der Waals surface area contributed by atoms with Crippen molar-refractivity contribution in [1.29, 1.82) is 0 Å². The zero-order valence-electron chi connectivity index (χ0n) is 22.7. The Hall–Kier alpha value is -3.65. The number of benzene rings is 3. The quantitative estimate of drug-likeness (QED) is 0.381. The second-order valence-electron chi connectivity index (χ2n) is 9.76. The van der Waals surface area contributed by atoms with Crippen LogP contribution >= 0.6 is 0 Å². The highest BCUT2D eigenvalue weighted by molar-refractivity contribution is 7.92. The van der Waals surface area contributed by atoms with E-state index in [0.29, 0.717) is 12.1 Å². The first-order valence-electron chi connectivity index (χ1n) is 12.8. The fourth-order valence-electron chi connectivity index (χ4n) is 4.34. The molecule has 0 heterocycles. The van der Waals surface area contributed by atoms with E-state index in [1.54, 1.807) is 36.4 Å². The van der Waals surface area contributed by atoms with Gasteiger partial charge in [0.2, 0.25) is 11.8 Å². The molecule has 0 bridgehead atoms. The summed E-state index contributed by atoms with van der Waals surface area (Å²) in [7, 11) is -4.07. The predicted molar refractivity (Wildman–Crippen MR) is 151 cm³/mol. The van der Waals surface area contributed by atoms with Crippen LogP contribution < -0.4 is 9.62 Å². The molecule has 8 heteroatoms. The maximum atomic E-state index is 14.0. The van der Waals surface area contributed by atoms with Crippen molar-refractivity contribution in [2.45, 2.75) is 64.6 Å². The fourth-order valence-corrected chi connectivity index (χ4v) is 5.77. The van der Waals surface area contributed by atoms with Gasteiger partial charge in [-0.15, -0.1) is 0 Å². The van der Waals surface area contributed by atoms with Crippen LogP contribution in [0.4, 0.5) is 5.69 Å². The Morgan fingerprint density at radius 2 is 1.50 bits per heavy atom. The van der Waals surface area contributed by atoms with Crippen molar-refractivity contribution in [1.82, 2.24) is 10.2 Å². The summed E-state index contributed by atoms with van der Waals surface area (Å²) in [5.74, 6) is -0.727. The lowest BCUT2D eigenvalue weighted by Gasteiger charge is -2.33. The van der Waals surface area contributed by atoms with Crippen LogP contribution in [0.15, 0.2) is 83.8 Å². The molecule has 3 aromatic carbocycles. The Bertz CT molecular complexity index is 1360. The number of amides is 2. The minimum Gasteiger partial charge on any atom is -0.352 e. The number of carbonyl (C=O) groups excluding carboxylic acids is 2. The molecule has 0 aliphatic carbocycles. The van der Waals surface area contributed by atoms with Crippen LogP contribution in [0.3, 0.4) is 0 Å². The molecule has 3 aromatic rings. The van der Waals surface area contributed by atoms with Crippen LogP contribution in [0.5, 0.6) is 0 Å². The molecular weight excluding hydrogens is 498 g/mol. The second-order valence-corrected chi connectivity index (χ2v) is 11.6. The van der Waals surface area contributed by atoms with Crippen molar-refractivity contribution < 1.29 is 18.0 Å². The van der Waals surface area contributed by atoms with E-state index < -0.39 is 28.5 Å². The molecule has 3 rings (SSSR count). The summed E-state index contributed by atoms with van der Waals surface area (Å²) in [6, 6.07) is 22.0. The third-order valence-electron chi connectivity index (χ3n) is 6.15. The molecule has 2 amide bonds. The normalized spacial score (nSPS) is 12.2. The molecule has 0 aliphatic rings. The highest BCUT2D eigenvalue weighted by Crippen LogP contribution is 2.25. The van der Waals surface area contributed by atoms with E-state index in [9.17, 15) is 18.0 Å². The van der Waals surface area contributed by atoms with Crippen LogP contribution in [0.2, 0.25) is 0 Å². The van der Waals surface area contributed by atoms with Gasteiger partial charge in [-0.25, -0.2) is 8.42 Å². The number of aryl methyl sites for hydroxylation is 2. The monoisotopic (exact) mass is 535 g/mol. The minimum absolute atomic E-state index is 0.0872. The number of hydrogen-bond donors (Lipinski definition) is 1. The van der Waals surface area contributed by atoms with Gasteiger partial charge in [-0.3, -0.25) is 13.9 Å². The number of nitrogens with zero attached hydrogens (tertiary/aromatic N) is 2. The maximum absolute atomic E-state index is 14.0. The van der Waals surface area contributed by atoms with E-state index in [0.717, 1.165) is 21.0 Å². The Morgan fingerprint density at radius 1 is 0.868 bits per heavy atom. The summed E-state index contributed by atoms with van der Waals surface area (Å²) < 4.78 is 28.7. The zero-order chi connectivity index (χ0) is 27.9. The van der Waals surface area contributed by atoms with Crippen LogP contribution in [-0.2, 0) is 26.2 Å². The molecule has 0 aromatic heterocycles. The first-order valence-corrected chi connectivity index (χ1v) is 14.3. The van der Waals surface area contributed by atoms with Crippen LogP contribution in [0, 0.1) is 13.8 Å². The summed E-state index contributed by atoms with van der Waals surface area (Å²) >= 11 is 0. The highest BCUT2D eigenvalue weighted by Gasteiger charge is 2.33. The van der Waals surface area contributed by atoms with Gasteiger partial charge in [0.05, 0.1) is 10.6 Å². The lowest BCUT2D eigenvalue weighted by Crippen LogP contribution is -2.53. The Morgan fingerprint density at radius 3 is 2.08 bits per heavy atom. The molecular formula is C30H37N3O4S. The summed E-state index contributed by atoms with van der Waals surface area (Å²) in [6.45, 7) is 9.14. The van der Waals surface area contributed by atoms with Crippen molar-refractivity contribution >= 4 is 27.5 Å². The van der Waals surface area contributed by atoms with Gasteiger partial charge in [0.25, 0.3) is 10.0 Å². The molecule has 1 atom stereocenters. The largest absolute Gasteiger partial charge is 0.352 e. The van der Waals surface area contributed by atoms with E-state index in [1.165, 1.54) is 17.0 Å². The van der Waals surface area contributed by atoms with Gasteiger partial charge in [0.15, 0.2) is 0 Å². The first kappa shape index (κ1) is 28.9. The first-order chi connectivity index (χ1) is 18.0. The Labute approximate surface area is 226 Å². The van der Waals surface area contributed by atoms with Gasteiger partial charge >= 0.3 is 0 Å². The smallest absolute Gasteiger partial charge is 0.264 e. The number of anilines is 1. The molecule has 0 fully saturated rings. The molecule has 0 saturated heterocycles. The van der Waals surface area contributed by atoms with Crippen molar-refractivity contribution in [2.75, 3.05) is 10.8 Å². The third-order valence-corrected chi connectivity index (χ3v) is 7.94. The average Bonchev–Trinajstić information content (AvgIpc) is 2.87. The molecule has 0 unspecified atom stereocenters. The van der Waals surface area contributed by atoms with Crippen molar-refractivity contribution in [3.63, 3.8) is 0 Å². The molecule has 0 saturated carbocycles. The van der Waals surface area contributed by atoms with Crippen molar-refractivity contribution in [3.05, 3.63) is 95.6 Å². The van der Waals surface area contributed by atoms with Gasteiger partial charge in [-0.05, 0) is 69.5 Å². The number of sulfonamides is 1. The van der Waals surface area contributed by atoms with E-state index in [1.807, 2.05) is 65.0 Å². The average molecular weight is 536 g/mol. The van der Waals surface area contributed by atoms with Crippen LogP contribution in [0.25, 0.3) is 0 Å². The number of carbonyl (C=O) groups is 2. The second kappa shape index (κ2) is 12.7. The van der Waals surface area contributed by atoms with E-state index in [4.69, 9.17) is 0 Å². The number of rotatable bonds is 11. The van der Waals surface area contributed by atoms with Gasteiger partial charge < -0.3 is 10.2 Å². The molecule has 202 valence electrons. The lowest BCUT2D eigenvalue weighted by atomic mass is 10.1. The van der Waals surface area contributed by atoms with Crippen molar-refractivity contribution in [2.24, 2.45) is 0 Å². The summed E-state index contributed by atoms with van der Waals surface area (Å²) in [5.41, 5.74) is 3.14. The fraction of sp³-hybridized carbons (Fsp3) is 0.333. The summed E-state index contributed by atoms with van der Waals surface area (Å²) in [4.78, 5) is 28.8. The van der Waals surface area contributed by atoms with E-state index in [2.05, 4.69) is 5.32 Å². The predicted octanol–water partition coefficient (Wildman–Crippen LogP) is 4.83. The molecule has 0 aliphatic heterocycles. The van der Waals surface area contributed by atoms with Gasteiger partial charge in [0, 0.05) is 12.6 Å². The van der Waals surface area contributed by atoms with E-state index >= 15 is 0 Å². The summed E-state index contributed by atoms with van der Waals surface area (Å²) in [6.07, 6.45) is 0.381. The Balaban J connectivity index is 2.06. The third kappa shape index (κ3) is 7.22. The highest BCUT2D eigenvalue weighted by atomic mass is 32.2.